The van der Waals surface area contributed by atoms with Gasteiger partial charge in [0, 0.05) is 12.1 Å². The molecule has 74 valence electrons. The average molecular weight is 202 g/mol. The van der Waals surface area contributed by atoms with Crippen molar-refractivity contribution in [3.05, 3.63) is 16.9 Å². The molecule has 4 heteroatoms. The van der Waals surface area contributed by atoms with Gasteiger partial charge in [-0.25, -0.2) is 0 Å². The van der Waals surface area contributed by atoms with Gasteiger partial charge < -0.3 is 5.73 Å². The lowest BCUT2D eigenvalue weighted by molar-refractivity contribution is 0.654. The van der Waals surface area contributed by atoms with Crippen LogP contribution in [0.2, 0.25) is 5.15 Å². The molecule has 1 aromatic heterocycles. The molecule has 1 atom stereocenters. The van der Waals surface area contributed by atoms with Gasteiger partial charge in [0.25, 0.3) is 0 Å². The van der Waals surface area contributed by atoms with E-state index in [1.54, 1.807) is 4.68 Å². The van der Waals surface area contributed by atoms with E-state index in [-0.39, 0.29) is 0 Å². The molecule has 0 aliphatic carbocycles. The van der Waals surface area contributed by atoms with E-state index >= 15 is 0 Å². The molecule has 0 radical (unpaired) electrons. The summed E-state index contributed by atoms with van der Waals surface area (Å²) in [4.78, 5) is 0. The first kappa shape index (κ1) is 10.5. The van der Waals surface area contributed by atoms with Crippen molar-refractivity contribution in [1.29, 1.82) is 0 Å². The minimum absolute atomic E-state index is 0.401. The van der Waals surface area contributed by atoms with Crippen LogP contribution in [0.5, 0.6) is 0 Å². The molecule has 0 spiro atoms. The summed E-state index contributed by atoms with van der Waals surface area (Å²) >= 11 is 6.11. The molecule has 13 heavy (non-hydrogen) atoms. The maximum Gasteiger partial charge on any atom is 0.130 e. The van der Waals surface area contributed by atoms with Gasteiger partial charge in [0.05, 0.1) is 6.20 Å². The van der Waals surface area contributed by atoms with Crippen LogP contribution in [0, 0.1) is 0 Å². The quantitative estimate of drug-likeness (QED) is 0.810. The molecule has 0 aliphatic heterocycles. The molecule has 0 bridgehead atoms. The molecule has 0 aliphatic rings. The summed E-state index contributed by atoms with van der Waals surface area (Å²) < 4.78 is 1.80. The van der Waals surface area contributed by atoms with Crippen LogP contribution < -0.4 is 5.73 Å². The minimum Gasteiger partial charge on any atom is -0.330 e. The van der Waals surface area contributed by atoms with E-state index in [0.29, 0.717) is 12.5 Å². The number of rotatable bonds is 4. The van der Waals surface area contributed by atoms with Crippen molar-refractivity contribution in [3.63, 3.8) is 0 Å². The van der Waals surface area contributed by atoms with Gasteiger partial charge in [-0.1, -0.05) is 18.5 Å². The van der Waals surface area contributed by atoms with Gasteiger partial charge >= 0.3 is 0 Å². The Hall–Kier alpha value is -0.540. The van der Waals surface area contributed by atoms with Gasteiger partial charge in [0.15, 0.2) is 0 Å². The van der Waals surface area contributed by atoms with E-state index in [1.165, 1.54) is 0 Å². The van der Waals surface area contributed by atoms with Gasteiger partial charge in [0.2, 0.25) is 0 Å². The van der Waals surface area contributed by atoms with Gasteiger partial charge in [-0.05, 0) is 25.8 Å². The molecular weight excluding hydrogens is 186 g/mol. The van der Waals surface area contributed by atoms with E-state index in [4.69, 9.17) is 17.3 Å². The molecule has 0 fully saturated rings. The standard InChI is InChI=1S/C9H16ClN3/c1-3-13-9(10)8(6-12-13)7(2)4-5-11/h6-7H,3-5,11H2,1-2H3. The third-order valence-corrected chi connectivity index (χ3v) is 2.64. The topological polar surface area (TPSA) is 43.8 Å². The highest BCUT2D eigenvalue weighted by Crippen LogP contribution is 2.25. The Balaban J connectivity index is 2.82. The first-order chi connectivity index (χ1) is 6.20. The molecule has 1 aromatic rings. The van der Waals surface area contributed by atoms with E-state index in [1.807, 2.05) is 13.1 Å². The third-order valence-electron chi connectivity index (χ3n) is 2.23. The number of halogens is 1. The number of nitrogens with two attached hydrogens (primary N) is 1. The molecule has 0 saturated heterocycles. The van der Waals surface area contributed by atoms with Crippen LogP contribution in [0.3, 0.4) is 0 Å². The lowest BCUT2D eigenvalue weighted by Gasteiger charge is -2.07. The Bertz CT molecular complexity index is 270. The first-order valence-corrected chi connectivity index (χ1v) is 4.99. The SMILES string of the molecule is CCn1ncc(C(C)CCN)c1Cl. The highest BCUT2D eigenvalue weighted by atomic mass is 35.5. The fourth-order valence-corrected chi connectivity index (χ4v) is 1.74. The van der Waals surface area contributed by atoms with Crippen molar-refractivity contribution in [2.24, 2.45) is 5.73 Å². The Morgan fingerprint density at radius 1 is 1.69 bits per heavy atom. The minimum atomic E-state index is 0.401. The van der Waals surface area contributed by atoms with E-state index < -0.39 is 0 Å². The molecule has 0 aromatic carbocycles. The second kappa shape index (κ2) is 4.63. The highest BCUT2D eigenvalue weighted by molar-refractivity contribution is 6.30. The van der Waals surface area contributed by atoms with Crippen molar-refractivity contribution in [2.45, 2.75) is 32.7 Å². The van der Waals surface area contributed by atoms with Gasteiger partial charge in [0.1, 0.15) is 5.15 Å². The Kier molecular flexibility index (Phi) is 3.75. The normalized spacial score (nSPS) is 13.2. The summed E-state index contributed by atoms with van der Waals surface area (Å²) in [5.74, 6) is 0.401. The van der Waals surface area contributed by atoms with Crippen molar-refractivity contribution >= 4 is 11.6 Å². The van der Waals surface area contributed by atoms with Crippen LogP contribution in [0.25, 0.3) is 0 Å². The molecule has 1 heterocycles. The molecule has 3 nitrogen and oxygen atoms in total. The van der Waals surface area contributed by atoms with Crippen LogP contribution in [-0.4, -0.2) is 16.3 Å². The van der Waals surface area contributed by atoms with Crippen LogP contribution in [-0.2, 0) is 6.54 Å². The molecule has 0 amide bonds. The summed E-state index contributed by atoms with van der Waals surface area (Å²) in [6.45, 7) is 5.65. The lowest BCUT2D eigenvalue weighted by atomic mass is 10.0. The Morgan fingerprint density at radius 2 is 2.38 bits per heavy atom. The largest absolute Gasteiger partial charge is 0.330 e. The Labute approximate surface area is 83.9 Å². The monoisotopic (exact) mass is 201 g/mol. The number of aromatic nitrogens is 2. The predicted octanol–water partition coefficient (Wildman–Crippen LogP) is 2.01. The third kappa shape index (κ3) is 2.23. The maximum atomic E-state index is 6.11. The van der Waals surface area contributed by atoms with E-state index in [2.05, 4.69) is 12.0 Å². The van der Waals surface area contributed by atoms with Crippen LogP contribution >= 0.6 is 11.6 Å². The van der Waals surface area contributed by atoms with Crippen molar-refractivity contribution in [3.8, 4) is 0 Å². The average Bonchev–Trinajstić information content (AvgIpc) is 2.47. The summed E-state index contributed by atoms with van der Waals surface area (Å²) in [5, 5.41) is 4.93. The zero-order chi connectivity index (χ0) is 9.84. The molecule has 1 unspecified atom stereocenters. The predicted molar refractivity (Wildman–Crippen MR) is 55.0 cm³/mol. The zero-order valence-corrected chi connectivity index (χ0v) is 8.88. The van der Waals surface area contributed by atoms with Crippen molar-refractivity contribution in [1.82, 2.24) is 9.78 Å². The second-order valence-electron chi connectivity index (χ2n) is 3.18. The fraction of sp³-hybridized carbons (Fsp3) is 0.667. The lowest BCUT2D eigenvalue weighted by Crippen LogP contribution is -2.04. The first-order valence-electron chi connectivity index (χ1n) is 4.62. The Morgan fingerprint density at radius 3 is 2.85 bits per heavy atom. The number of nitrogens with zero attached hydrogens (tertiary/aromatic N) is 2. The van der Waals surface area contributed by atoms with E-state index in [9.17, 15) is 0 Å². The number of aryl methyl sites for hydroxylation is 1. The molecule has 1 rings (SSSR count). The summed E-state index contributed by atoms with van der Waals surface area (Å²) in [6, 6.07) is 0. The fourth-order valence-electron chi connectivity index (χ4n) is 1.34. The van der Waals surface area contributed by atoms with Crippen molar-refractivity contribution < 1.29 is 0 Å². The smallest absolute Gasteiger partial charge is 0.130 e. The van der Waals surface area contributed by atoms with Gasteiger partial charge in [-0.15, -0.1) is 0 Å². The van der Waals surface area contributed by atoms with Gasteiger partial charge in [-0.3, -0.25) is 4.68 Å². The summed E-state index contributed by atoms with van der Waals surface area (Å²) in [5.41, 5.74) is 6.59. The van der Waals surface area contributed by atoms with Crippen LogP contribution in [0.1, 0.15) is 31.7 Å². The van der Waals surface area contributed by atoms with Crippen LogP contribution in [0.15, 0.2) is 6.20 Å². The number of hydrogen-bond donors (Lipinski definition) is 1. The van der Waals surface area contributed by atoms with Crippen LogP contribution in [0.4, 0.5) is 0 Å². The second-order valence-corrected chi connectivity index (χ2v) is 3.54. The molecular formula is C9H16ClN3. The highest BCUT2D eigenvalue weighted by Gasteiger charge is 2.13. The number of hydrogen-bond acceptors (Lipinski definition) is 2. The molecule has 2 N–H and O–H groups in total. The summed E-state index contributed by atoms with van der Waals surface area (Å²) in [6.07, 6.45) is 2.79. The van der Waals surface area contributed by atoms with E-state index in [0.717, 1.165) is 23.7 Å². The van der Waals surface area contributed by atoms with Gasteiger partial charge in [-0.2, -0.15) is 5.10 Å². The van der Waals surface area contributed by atoms with Crippen molar-refractivity contribution in [2.75, 3.05) is 6.54 Å². The zero-order valence-electron chi connectivity index (χ0n) is 8.13. The summed E-state index contributed by atoms with van der Waals surface area (Å²) in [7, 11) is 0. The molecule has 0 saturated carbocycles. The maximum absolute atomic E-state index is 6.11.